The largest absolute Gasteiger partial charge is 0.313 e. The first-order valence-electron chi connectivity index (χ1n) is 7.75. The zero-order valence-corrected chi connectivity index (χ0v) is 12.4. The van der Waals surface area contributed by atoms with E-state index in [2.05, 4.69) is 30.5 Å². The van der Waals surface area contributed by atoms with Crippen LogP contribution in [0.5, 0.6) is 0 Å². The van der Waals surface area contributed by atoms with Gasteiger partial charge >= 0.3 is 0 Å². The fourth-order valence-electron chi connectivity index (χ4n) is 2.97. The second-order valence-electron chi connectivity index (χ2n) is 5.57. The molecule has 0 amide bonds. The van der Waals surface area contributed by atoms with Crippen molar-refractivity contribution in [3.05, 3.63) is 41.0 Å². The van der Waals surface area contributed by atoms with Crippen molar-refractivity contribution in [3.63, 3.8) is 0 Å². The lowest BCUT2D eigenvalue weighted by molar-refractivity contribution is 0.397. The smallest absolute Gasteiger partial charge is 0.0991 e. The lowest BCUT2D eigenvalue weighted by Crippen LogP contribution is -2.22. The van der Waals surface area contributed by atoms with Crippen LogP contribution in [0.3, 0.4) is 0 Å². The number of nitriles is 1. The fraction of sp³-hybridized carbons (Fsp3) is 0.500. The molecule has 1 aromatic carbocycles. The highest BCUT2D eigenvalue weighted by atomic mass is 14.8. The Morgan fingerprint density at radius 3 is 2.85 bits per heavy atom. The molecule has 0 saturated heterocycles. The summed E-state index contributed by atoms with van der Waals surface area (Å²) in [5, 5.41) is 12.5. The molecule has 106 valence electrons. The van der Waals surface area contributed by atoms with Gasteiger partial charge in [0.25, 0.3) is 0 Å². The van der Waals surface area contributed by atoms with E-state index in [4.69, 9.17) is 5.26 Å². The molecule has 1 aromatic rings. The van der Waals surface area contributed by atoms with Crippen LogP contribution in [-0.2, 0) is 0 Å². The summed E-state index contributed by atoms with van der Waals surface area (Å²) in [6, 6.07) is 10.1. The number of nitrogens with one attached hydrogen (secondary N) is 1. The Morgan fingerprint density at radius 1 is 1.35 bits per heavy atom. The van der Waals surface area contributed by atoms with E-state index in [1.54, 1.807) is 0 Å². The molecule has 20 heavy (non-hydrogen) atoms. The van der Waals surface area contributed by atoms with Gasteiger partial charge in [-0.1, -0.05) is 50.0 Å². The summed E-state index contributed by atoms with van der Waals surface area (Å²) in [5.41, 5.74) is 3.40. The predicted octanol–water partition coefficient (Wildman–Crippen LogP) is 4.13. The Morgan fingerprint density at radius 2 is 2.15 bits per heavy atom. The van der Waals surface area contributed by atoms with Crippen LogP contribution >= 0.6 is 0 Å². The maximum absolute atomic E-state index is 9.00. The zero-order valence-electron chi connectivity index (χ0n) is 12.4. The number of nitrogens with zero attached hydrogens (tertiary/aromatic N) is 1. The lowest BCUT2D eigenvalue weighted by atomic mass is 9.83. The highest BCUT2D eigenvalue weighted by Crippen LogP contribution is 2.30. The molecule has 1 fully saturated rings. The van der Waals surface area contributed by atoms with E-state index in [9.17, 15) is 0 Å². The Kier molecular flexibility index (Phi) is 5.83. The third-order valence-electron chi connectivity index (χ3n) is 4.08. The number of hydrogen-bond acceptors (Lipinski definition) is 2. The van der Waals surface area contributed by atoms with Crippen LogP contribution < -0.4 is 5.32 Å². The third-order valence-corrected chi connectivity index (χ3v) is 4.08. The predicted molar refractivity (Wildman–Crippen MR) is 84.3 cm³/mol. The van der Waals surface area contributed by atoms with Crippen LogP contribution in [0, 0.1) is 17.2 Å². The Labute approximate surface area is 122 Å². The van der Waals surface area contributed by atoms with E-state index in [1.807, 2.05) is 18.2 Å². The van der Waals surface area contributed by atoms with Crippen LogP contribution in [0.15, 0.2) is 29.8 Å². The summed E-state index contributed by atoms with van der Waals surface area (Å²) in [6.45, 7) is 4.12. The first kappa shape index (κ1) is 14.8. The van der Waals surface area contributed by atoms with Crippen LogP contribution in [-0.4, -0.2) is 13.1 Å². The maximum atomic E-state index is 9.00. The molecule has 1 N–H and O–H groups in total. The van der Waals surface area contributed by atoms with Crippen molar-refractivity contribution in [1.82, 2.24) is 5.32 Å². The summed E-state index contributed by atoms with van der Waals surface area (Å²) in [4.78, 5) is 0. The van der Waals surface area contributed by atoms with Gasteiger partial charge in [-0.25, -0.2) is 0 Å². The summed E-state index contributed by atoms with van der Waals surface area (Å²) in [6.07, 6.45) is 9.01. The normalized spacial score (nSPS) is 16.9. The molecule has 2 heteroatoms. The van der Waals surface area contributed by atoms with Crippen LogP contribution in [0.25, 0.3) is 6.08 Å². The zero-order chi connectivity index (χ0) is 14.2. The van der Waals surface area contributed by atoms with E-state index >= 15 is 0 Å². The molecular weight excluding hydrogens is 244 g/mol. The topological polar surface area (TPSA) is 35.8 Å². The van der Waals surface area contributed by atoms with Gasteiger partial charge in [-0.3, -0.25) is 0 Å². The molecule has 0 radical (unpaired) electrons. The number of likely N-dealkylation sites (N-methyl/N-ethyl adjacent to an activating group) is 1. The molecule has 2 nitrogen and oxygen atoms in total. The second kappa shape index (κ2) is 7.87. The highest BCUT2D eigenvalue weighted by Gasteiger charge is 2.17. The fourth-order valence-corrected chi connectivity index (χ4v) is 2.97. The molecule has 0 spiro atoms. The first-order chi connectivity index (χ1) is 9.83. The quantitative estimate of drug-likeness (QED) is 0.871. The van der Waals surface area contributed by atoms with Gasteiger partial charge < -0.3 is 5.32 Å². The minimum atomic E-state index is 0.716. The Balaban J connectivity index is 2.19. The van der Waals surface area contributed by atoms with E-state index in [-0.39, 0.29) is 0 Å². The molecule has 0 unspecified atom stereocenters. The lowest BCUT2D eigenvalue weighted by Gasteiger charge is -2.25. The van der Waals surface area contributed by atoms with Gasteiger partial charge in [0.15, 0.2) is 0 Å². The molecule has 1 aliphatic carbocycles. The van der Waals surface area contributed by atoms with Gasteiger partial charge in [-0.2, -0.15) is 5.26 Å². The molecule has 0 aliphatic heterocycles. The van der Waals surface area contributed by atoms with Gasteiger partial charge in [0, 0.05) is 6.54 Å². The summed E-state index contributed by atoms with van der Waals surface area (Å²) < 4.78 is 0. The van der Waals surface area contributed by atoms with E-state index < -0.39 is 0 Å². The van der Waals surface area contributed by atoms with Crippen LogP contribution in [0.2, 0.25) is 0 Å². The first-order valence-corrected chi connectivity index (χ1v) is 7.75. The van der Waals surface area contributed by atoms with Gasteiger partial charge in [0.1, 0.15) is 0 Å². The van der Waals surface area contributed by atoms with Crippen molar-refractivity contribution < 1.29 is 0 Å². The van der Waals surface area contributed by atoms with Crippen LogP contribution in [0.1, 0.15) is 50.2 Å². The minimum absolute atomic E-state index is 0.716. The van der Waals surface area contributed by atoms with E-state index in [1.165, 1.54) is 37.7 Å². The Bertz CT molecular complexity index is 490. The average molecular weight is 268 g/mol. The molecule has 1 saturated carbocycles. The molecule has 0 heterocycles. The average Bonchev–Trinajstić information content (AvgIpc) is 2.52. The standard InChI is InChI=1S/C18H24N2/c1-2-20-14-18(17-9-4-3-5-10-17)12-15-7-6-8-16(11-15)13-19/h6-8,11-12,17,20H,2-5,9-10,14H2,1H3/b18-12-. The number of hydrogen-bond donors (Lipinski definition) is 1. The SMILES string of the molecule is CCNC/C(=C/c1cccc(C#N)c1)C1CCCCC1. The van der Waals surface area contributed by atoms with Gasteiger partial charge in [-0.05, 0) is 43.0 Å². The minimum Gasteiger partial charge on any atom is -0.313 e. The number of benzene rings is 1. The van der Waals surface area contributed by atoms with Crippen molar-refractivity contribution in [2.24, 2.45) is 5.92 Å². The monoisotopic (exact) mass is 268 g/mol. The maximum Gasteiger partial charge on any atom is 0.0991 e. The summed E-state index contributed by atoms with van der Waals surface area (Å²) >= 11 is 0. The molecule has 2 rings (SSSR count). The molecule has 1 aliphatic rings. The highest BCUT2D eigenvalue weighted by molar-refractivity contribution is 5.56. The van der Waals surface area contributed by atoms with E-state index in [0.717, 1.165) is 24.2 Å². The van der Waals surface area contributed by atoms with Crippen molar-refractivity contribution in [3.8, 4) is 6.07 Å². The van der Waals surface area contributed by atoms with E-state index in [0.29, 0.717) is 5.92 Å². The van der Waals surface area contributed by atoms with Gasteiger partial charge in [0.2, 0.25) is 0 Å². The van der Waals surface area contributed by atoms with Crippen molar-refractivity contribution in [2.45, 2.75) is 39.0 Å². The summed E-state index contributed by atoms with van der Waals surface area (Å²) in [7, 11) is 0. The molecule has 0 atom stereocenters. The van der Waals surface area contributed by atoms with Crippen LogP contribution in [0.4, 0.5) is 0 Å². The van der Waals surface area contributed by atoms with Crippen molar-refractivity contribution >= 4 is 6.08 Å². The second-order valence-corrected chi connectivity index (χ2v) is 5.57. The number of rotatable bonds is 5. The molecule has 0 aromatic heterocycles. The molecular formula is C18H24N2. The van der Waals surface area contributed by atoms with Gasteiger partial charge in [0.05, 0.1) is 11.6 Å². The van der Waals surface area contributed by atoms with Crippen molar-refractivity contribution in [2.75, 3.05) is 13.1 Å². The Hall–Kier alpha value is -1.59. The van der Waals surface area contributed by atoms with Crippen molar-refractivity contribution in [1.29, 1.82) is 5.26 Å². The summed E-state index contributed by atoms with van der Waals surface area (Å²) in [5.74, 6) is 0.716. The van der Waals surface area contributed by atoms with Gasteiger partial charge in [-0.15, -0.1) is 0 Å². The third kappa shape index (κ3) is 4.21. The molecule has 0 bridgehead atoms.